The third-order valence-electron chi connectivity index (χ3n) is 3.65. The molecule has 1 atom stereocenters. The Morgan fingerprint density at radius 1 is 1.47 bits per heavy atom. The van der Waals surface area contributed by atoms with Crippen LogP contribution >= 0.6 is 0 Å². The Hall–Kier alpha value is -1.20. The first-order valence-corrected chi connectivity index (χ1v) is 6.95. The highest BCUT2D eigenvalue weighted by Gasteiger charge is 2.24. The van der Waals surface area contributed by atoms with Crippen molar-refractivity contribution in [2.24, 2.45) is 0 Å². The van der Waals surface area contributed by atoms with Crippen LogP contribution in [-0.4, -0.2) is 48.7 Å². The molecule has 0 radical (unpaired) electrons. The van der Waals surface area contributed by atoms with Gasteiger partial charge in [-0.15, -0.1) is 0 Å². The van der Waals surface area contributed by atoms with E-state index >= 15 is 0 Å². The van der Waals surface area contributed by atoms with Crippen molar-refractivity contribution in [1.29, 1.82) is 0 Å². The molecule has 106 valence electrons. The van der Waals surface area contributed by atoms with Gasteiger partial charge < -0.3 is 10.1 Å². The Morgan fingerprint density at radius 2 is 2.26 bits per heavy atom. The topological polar surface area (TPSA) is 50.3 Å². The fourth-order valence-electron chi connectivity index (χ4n) is 2.56. The summed E-state index contributed by atoms with van der Waals surface area (Å²) in [5, 5.41) is 3.49. The second kappa shape index (κ2) is 6.30. The minimum Gasteiger partial charge on any atom is -0.467 e. The molecule has 0 spiro atoms. The summed E-state index contributed by atoms with van der Waals surface area (Å²) >= 11 is 0. The fourth-order valence-corrected chi connectivity index (χ4v) is 2.56. The van der Waals surface area contributed by atoms with Crippen molar-refractivity contribution in [3.05, 3.63) is 17.5 Å². The Morgan fingerprint density at radius 3 is 2.95 bits per heavy atom. The fraction of sp³-hybridized carbons (Fsp3) is 0.714. The number of aromatic nitrogens is 2. The van der Waals surface area contributed by atoms with Gasteiger partial charge in [0.2, 0.25) is 0 Å². The summed E-state index contributed by atoms with van der Waals surface area (Å²) in [6, 6.07) is 0.794. The van der Waals surface area contributed by atoms with Gasteiger partial charge in [0, 0.05) is 18.3 Å². The average molecular weight is 264 g/mol. The largest absolute Gasteiger partial charge is 0.467 e. The maximum Gasteiger partial charge on any atom is 0.316 e. The summed E-state index contributed by atoms with van der Waals surface area (Å²) < 4.78 is 5.15. The molecule has 1 unspecified atom stereocenters. The van der Waals surface area contributed by atoms with Crippen LogP contribution in [0.4, 0.5) is 0 Å². The lowest BCUT2D eigenvalue weighted by atomic mass is 9.99. The van der Waals surface area contributed by atoms with Crippen molar-refractivity contribution >= 4 is 0 Å². The van der Waals surface area contributed by atoms with Crippen molar-refractivity contribution in [3.8, 4) is 6.01 Å². The number of nitrogens with one attached hydrogen (secondary N) is 1. The highest BCUT2D eigenvalue weighted by molar-refractivity contribution is 5.26. The molecule has 0 aromatic carbocycles. The minimum atomic E-state index is 0.339. The Balaban J connectivity index is 2.36. The van der Waals surface area contributed by atoms with E-state index < -0.39 is 0 Å². The van der Waals surface area contributed by atoms with Crippen LogP contribution in [0.25, 0.3) is 0 Å². The van der Waals surface area contributed by atoms with Crippen LogP contribution in [0.2, 0.25) is 0 Å². The molecule has 19 heavy (non-hydrogen) atoms. The molecule has 1 saturated heterocycles. The van der Waals surface area contributed by atoms with E-state index in [9.17, 15) is 0 Å². The maximum atomic E-state index is 5.15. The predicted molar refractivity (Wildman–Crippen MR) is 75.5 cm³/mol. The molecule has 2 rings (SSSR count). The third-order valence-corrected chi connectivity index (χ3v) is 3.65. The first kappa shape index (κ1) is 14.2. The lowest BCUT2D eigenvalue weighted by Crippen LogP contribution is -2.31. The number of methoxy groups -OCH3 is 1. The average Bonchev–Trinajstić information content (AvgIpc) is 2.62. The maximum absolute atomic E-state index is 5.15. The van der Waals surface area contributed by atoms with Crippen molar-refractivity contribution in [2.75, 3.05) is 33.8 Å². The standard InChI is InChI=1S/C14H24N4O/c1-10(2)13-11(8-16-14(17-13)19-4)12-9-15-6-5-7-18(12)3/h8,10,12,15H,5-7,9H2,1-4H3. The summed E-state index contributed by atoms with van der Waals surface area (Å²) in [6.07, 6.45) is 3.11. The zero-order valence-electron chi connectivity index (χ0n) is 12.3. The molecule has 1 aromatic rings. The summed E-state index contributed by atoms with van der Waals surface area (Å²) in [4.78, 5) is 11.2. The summed E-state index contributed by atoms with van der Waals surface area (Å²) in [5.74, 6) is 0.364. The lowest BCUT2D eigenvalue weighted by molar-refractivity contribution is 0.258. The smallest absolute Gasteiger partial charge is 0.316 e. The SMILES string of the molecule is COc1ncc(C2CNCCCN2C)c(C(C)C)n1. The van der Waals surface area contributed by atoms with Crippen LogP contribution in [0.3, 0.4) is 0 Å². The number of hydrogen-bond acceptors (Lipinski definition) is 5. The molecule has 0 bridgehead atoms. The number of hydrogen-bond donors (Lipinski definition) is 1. The Labute approximate surface area is 115 Å². The summed E-state index contributed by atoms with van der Waals surface area (Å²) in [7, 11) is 3.78. The van der Waals surface area contributed by atoms with Gasteiger partial charge in [-0.05, 0) is 32.5 Å². The van der Waals surface area contributed by atoms with Gasteiger partial charge in [-0.25, -0.2) is 4.98 Å². The van der Waals surface area contributed by atoms with Gasteiger partial charge in [0.15, 0.2) is 0 Å². The second-order valence-corrected chi connectivity index (χ2v) is 5.41. The zero-order chi connectivity index (χ0) is 13.8. The normalized spacial score (nSPS) is 21.4. The molecule has 0 aliphatic carbocycles. The molecule has 1 aliphatic rings. The first-order chi connectivity index (χ1) is 9.13. The van der Waals surface area contributed by atoms with Crippen LogP contribution < -0.4 is 10.1 Å². The van der Waals surface area contributed by atoms with Crippen LogP contribution in [0.15, 0.2) is 6.20 Å². The molecule has 1 N–H and O–H groups in total. The number of nitrogens with zero attached hydrogens (tertiary/aromatic N) is 3. The Bertz CT molecular complexity index is 422. The summed E-state index contributed by atoms with van der Waals surface area (Å²) in [6.45, 7) is 7.45. The molecule has 0 saturated carbocycles. The number of ether oxygens (including phenoxy) is 1. The van der Waals surface area contributed by atoms with E-state index in [-0.39, 0.29) is 0 Å². The Kier molecular flexibility index (Phi) is 4.71. The van der Waals surface area contributed by atoms with Gasteiger partial charge in [0.1, 0.15) is 0 Å². The predicted octanol–water partition coefficient (Wildman–Crippen LogP) is 1.57. The van der Waals surface area contributed by atoms with Gasteiger partial charge >= 0.3 is 6.01 Å². The molecule has 1 aliphatic heterocycles. The van der Waals surface area contributed by atoms with E-state index in [1.807, 2.05) is 6.20 Å². The highest BCUT2D eigenvalue weighted by Crippen LogP contribution is 2.28. The molecular formula is C14H24N4O. The van der Waals surface area contributed by atoms with E-state index in [0.29, 0.717) is 18.0 Å². The molecular weight excluding hydrogens is 240 g/mol. The van der Waals surface area contributed by atoms with Crippen LogP contribution in [0, 0.1) is 0 Å². The quantitative estimate of drug-likeness (QED) is 0.898. The minimum absolute atomic E-state index is 0.339. The van der Waals surface area contributed by atoms with Crippen molar-refractivity contribution in [2.45, 2.75) is 32.2 Å². The van der Waals surface area contributed by atoms with E-state index in [0.717, 1.165) is 25.3 Å². The second-order valence-electron chi connectivity index (χ2n) is 5.41. The zero-order valence-corrected chi connectivity index (χ0v) is 12.3. The van der Waals surface area contributed by atoms with Crippen LogP contribution in [0.1, 0.15) is 43.5 Å². The molecule has 1 aromatic heterocycles. The van der Waals surface area contributed by atoms with Gasteiger partial charge in [-0.1, -0.05) is 13.8 Å². The molecule has 5 heteroatoms. The van der Waals surface area contributed by atoms with Crippen molar-refractivity contribution < 1.29 is 4.74 Å². The van der Waals surface area contributed by atoms with E-state index in [1.165, 1.54) is 12.0 Å². The highest BCUT2D eigenvalue weighted by atomic mass is 16.5. The van der Waals surface area contributed by atoms with E-state index in [2.05, 4.69) is 41.1 Å². The molecule has 1 fully saturated rings. The van der Waals surface area contributed by atoms with E-state index in [4.69, 9.17) is 4.74 Å². The summed E-state index contributed by atoms with van der Waals surface area (Å²) in [5.41, 5.74) is 2.31. The molecule has 2 heterocycles. The van der Waals surface area contributed by atoms with Crippen LogP contribution in [-0.2, 0) is 0 Å². The van der Waals surface area contributed by atoms with Gasteiger partial charge in [0.25, 0.3) is 0 Å². The van der Waals surface area contributed by atoms with Gasteiger partial charge in [0.05, 0.1) is 18.8 Å². The number of likely N-dealkylation sites (N-methyl/N-ethyl adjacent to an activating group) is 1. The lowest BCUT2D eigenvalue weighted by Gasteiger charge is -2.27. The molecule has 0 amide bonds. The monoisotopic (exact) mass is 264 g/mol. The van der Waals surface area contributed by atoms with Gasteiger partial charge in [-0.2, -0.15) is 4.98 Å². The van der Waals surface area contributed by atoms with E-state index in [1.54, 1.807) is 7.11 Å². The molecule has 5 nitrogen and oxygen atoms in total. The first-order valence-electron chi connectivity index (χ1n) is 6.95. The van der Waals surface area contributed by atoms with Crippen LogP contribution in [0.5, 0.6) is 6.01 Å². The van der Waals surface area contributed by atoms with Crippen molar-refractivity contribution in [3.63, 3.8) is 0 Å². The number of rotatable bonds is 3. The van der Waals surface area contributed by atoms with Crippen molar-refractivity contribution in [1.82, 2.24) is 20.2 Å². The third kappa shape index (κ3) is 3.22. The van der Waals surface area contributed by atoms with Gasteiger partial charge in [-0.3, -0.25) is 4.90 Å².